The van der Waals surface area contributed by atoms with E-state index < -0.39 is 16.1 Å². The quantitative estimate of drug-likeness (QED) is 0.466. The van der Waals surface area contributed by atoms with Gasteiger partial charge in [-0.1, -0.05) is 42.8 Å². The van der Waals surface area contributed by atoms with Gasteiger partial charge in [0.2, 0.25) is 21.8 Å². The fraction of sp³-hybridized carbons (Fsp3) is 0.231. The van der Waals surface area contributed by atoms with Crippen LogP contribution in [0.5, 0.6) is 0 Å². The Bertz CT molecular complexity index is 1330. The zero-order chi connectivity index (χ0) is 25.0. The van der Waals surface area contributed by atoms with Gasteiger partial charge in [0.1, 0.15) is 0 Å². The Morgan fingerprint density at radius 2 is 1.51 bits per heavy atom. The topological polar surface area (TPSA) is 95.6 Å². The summed E-state index contributed by atoms with van der Waals surface area (Å²) in [5.74, 6) is -0.452. The standard InChI is InChI=1S/C26H26ClN3O4S/c1-2-25(31)28-21-11-13-22(14-12-21)35(33,34)30-16-15-18-5-3-4-6-23(18)24(30)17-26(32)29-20-9-7-19(27)8-10-20/h3-14,24H,2,15-17H2,1H3,(H,28,31)(H,29,32)/t24-/m0/s1. The molecule has 9 heteroatoms. The number of sulfonamides is 1. The second-order valence-corrected chi connectivity index (χ2v) is 10.6. The average molecular weight is 512 g/mol. The fourth-order valence-electron chi connectivity index (χ4n) is 4.14. The molecule has 1 aliphatic heterocycles. The van der Waals surface area contributed by atoms with Gasteiger partial charge in [-0.25, -0.2) is 8.42 Å². The van der Waals surface area contributed by atoms with Crippen molar-refractivity contribution in [1.29, 1.82) is 0 Å². The minimum absolute atomic E-state index is 0.0382. The Labute approximate surface area is 210 Å². The van der Waals surface area contributed by atoms with Crippen LogP contribution in [-0.4, -0.2) is 31.1 Å². The molecule has 0 radical (unpaired) electrons. The molecule has 0 aromatic heterocycles. The van der Waals surface area contributed by atoms with Crippen LogP contribution in [0.3, 0.4) is 0 Å². The summed E-state index contributed by atoms with van der Waals surface area (Å²) in [6.07, 6.45) is 0.839. The number of halogens is 1. The van der Waals surface area contributed by atoms with Crippen molar-refractivity contribution in [1.82, 2.24) is 4.31 Å². The lowest BCUT2D eigenvalue weighted by Crippen LogP contribution is -2.41. The molecule has 0 spiro atoms. The molecule has 2 amide bonds. The Kier molecular flexibility index (Phi) is 7.54. The number of nitrogens with zero attached hydrogens (tertiary/aromatic N) is 1. The second kappa shape index (κ2) is 10.6. The maximum absolute atomic E-state index is 13.7. The minimum Gasteiger partial charge on any atom is -0.326 e. The predicted molar refractivity (Wildman–Crippen MR) is 137 cm³/mol. The van der Waals surface area contributed by atoms with Crippen LogP contribution in [0.25, 0.3) is 0 Å². The number of amides is 2. The van der Waals surface area contributed by atoms with Crippen LogP contribution >= 0.6 is 11.6 Å². The van der Waals surface area contributed by atoms with E-state index in [0.717, 1.165) is 11.1 Å². The van der Waals surface area contributed by atoms with Crippen molar-refractivity contribution in [3.63, 3.8) is 0 Å². The normalized spacial score (nSPS) is 15.8. The van der Waals surface area contributed by atoms with Gasteiger partial charge < -0.3 is 10.6 Å². The first-order chi connectivity index (χ1) is 16.8. The number of nitrogens with one attached hydrogen (secondary N) is 2. The molecule has 0 unspecified atom stereocenters. The molecule has 2 N–H and O–H groups in total. The molecule has 0 bridgehead atoms. The van der Waals surface area contributed by atoms with Gasteiger partial charge >= 0.3 is 0 Å². The summed E-state index contributed by atoms with van der Waals surface area (Å²) < 4.78 is 28.7. The molecular formula is C26H26ClN3O4S. The third-order valence-corrected chi connectivity index (χ3v) is 8.11. The molecule has 3 aromatic rings. The molecule has 1 aliphatic rings. The minimum atomic E-state index is -3.91. The smallest absolute Gasteiger partial charge is 0.243 e. The number of hydrogen-bond donors (Lipinski definition) is 2. The van der Waals surface area contributed by atoms with Crippen molar-refractivity contribution in [3.05, 3.63) is 88.9 Å². The lowest BCUT2D eigenvalue weighted by Gasteiger charge is -2.36. The van der Waals surface area contributed by atoms with E-state index in [9.17, 15) is 18.0 Å². The molecule has 3 aromatic carbocycles. The Morgan fingerprint density at radius 3 is 2.17 bits per heavy atom. The van der Waals surface area contributed by atoms with Crippen LogP contribution in [0.1, 0.15) is 36.9 Å². The number of hydrogen-bond acceptors (Lipinski definition) is 4. The average Bonchev–Trinajstić information content (AvgIpc) is 2.85. The van der Waals surface area contributed by atoms with Crippen LogP contribution in [0.4, 0.5) is 11.4 Å². The molecule has 0 aliphatic carbocycles. The van der Waals surface area contributed by atoms with Gasteiger partial charge in [0, 0.05) is 35.8 Å². The zero-order valence-corrected chi connectivity index (χ0v) is 20.8. The van der Waals surface area contributed by atoms with Gasteiger partial charge in [-0.15, -0.1) is 0 Å². The van der Waals surface area contributed by atoms with E-state index in [0.29, 0.717) is 29.2 Å². The van der Waals surface area contributed by atoms with Crippen molar-refractivity contribution >= 4 is 44.8 Å². The SMILES string of the molecule is CCC(=O)Nc1ccc(S(=O)(=O)N2CCc3ccccc3[C@@H]2CC(=O)Nc2ccc(Cl)cc2)cc1. The van der Waals surface area contributed by atoms with Crippen molar-refractivity contribution in [3.8, 4) is 0 Å². The highest BCUT2D eigenvalue weighted by molar-refractivity contribution is 7.89. The lowest BCUT2D eigenvalue weighted by molar-refractivity contribution is -0.117. The summed E-state index contributed by atoms with van der Waals surface area (Å²) in [4.78, 5) is 24.7. The summed E-state index contributed by atoms with van der Waals surface area (Å²) in [6, 6.07) is 19.8. The number of fused-ring (bicyclic) bond motifs is 1. The van der Waals surface area contributed by atoms with Gasteiger partial charge in [0.05, 0.1) is 10.9 Å². The second-order valence-electron chi connectivity index (χ2n) is 8.27. The van der Waals surface area contributed by atoms with E-state index in [4.69, 9.17) is 11.6 Å². The van der Waals surface area contributed by atoms with Crippen LogP contribution in [-0.2, 0) is 26.0 Å². The Hall–Kier alpha value is -3.20. The molecule has 0 saturated heterocycles. The number of rotatable bonds is 7. The van der Waals surface area contributed by atoms with E-state index in [1.54, 1.807) is 43.3 Å². The first kappa shape index (κ1) is 24.9. The fourth-order valence-corrected chi connectivity index (χ4v) is 5.88. The van der Waals surface area contributed by atoms with Crippen molar-refractivity contribution in [2.24, 2.45) is 0 Å². The largest absolute Gasteiger partial charge is 0.326 e. The maximum Gasteiger partial charge on any atom is 0.243 e. The van der Waals surface area contributed by atoms with Crippen molar-refractivity contribution in [2.75, 3.05) is 17.2 Å². The molecule has 4 rings (SSSR count). The molecule has 1 heterocycles. The van der Waals surface area contributed by atoms with Gasteiger partial charge in [-0.05, 0) is 66.1 Å². The predicted octanol–water partition coefficient (Wildman–Crippen LogP) is 5.01. The first-order valence-corrected chi connectivity index (χ1v) is 13.1. The number of benzene rings is 3. The van der Waals surface area contributed by atoms with E-state index in [-0.39, 0.29) is 29.7 Å². The van der Waals surface area contributed by atoms with E-state index in [1.807, 2.05) is 24.3 Å². The highest BCUT2D eigenvalue weighted by Crippen LogP contribution is 2.36. The van der Waals surface area contributed by atoms with E-state index in [2.05, 4.69) is 10.6 Å². The summed E-state index contributed by atoms with van der Waals surface area (Å²) in [7, 11) is -3.91. The first-order valence-electron chi connectivity index (χ1n) is 11.3. The number of carbonyl (C=O) groups excluding carboxylic acids is 2. The molecule has 35 heavy (non-hydrogen) atoms. The maximum atomic E-state index is 13.7. The molecule has 0 fully saturated rings. The summed E-state index contributed by atoms with van der Waals surface area (Å²) in [5, 5.41) is 6.10. The number of anilines is 2. The third kappa shape index (κ3) is 5.73. The summed E-state index contributed by atoms with van der Waals surface area (Å²) in [6.45, 7) is 2.00. The highest BCUT2D eigenvalue weighted by atomic mass is 35.5. The summed E-state index contributed by atoms with van der Waals surface area (Å²) >= 11 is 5.92. The van der Waals surface area contributed by atoms with Gasteiger partial charge in [-0.3, -0.25) is 9.59 Å². The van der Waals surface area contributed by atoms with E-state index >= 15 is 0 Å². The molecule has 182 valence electrons. The highest BCUT2D eigenvalue weighted by Gasteiger charge is 2.37. The van der Waals surface area contributed by atoms with E-state index in [1.165, 1.54) is 16.4 Å². The monoisotopic (exact) mass is 511 g/mol. The molecular weight excluding hydrogens is 486 g/mol. The van der Waals surface area contributed by atoms with Gasteiger partial charge in [-0.2, -0.15) is 4.31 Å². The zero-order valence-electron chi connectivity index (χ0n) is 19.2. The third-order valence-electron chi connectivity index (χ3n) is 5.94. The Morgan fingerprint density at radius 1 is 0.914 bits per heavy atom. The van der Waals surface area contributed by atoms with Crippen LogP contribution < -0.4 is 10.6 Å². The van der Waals surface area contributed by atoms with Crippen molar-refractivity contribution < 1.29 is 18.0 Å². The van der Waals surface area contributed by atoms with Gasteiger partial charge in [0.25, 0.3) is 0 Å². The lowest BCUT2D eigenvalue weighted by atomic mass is 9.92. The molecule has 0 saturated carbocycles. The van der Waals surface area contributed by atoms with Crippen molar-refractivity contribution in [2.45, 2.75) is 37.1 Å². The molecule has 7 nitrogen and oxygen atoms in total. The summed E-state index contributed by atoms with van der Waals surface area (Å²) in [5.41, 5.74) is 2.96. The van der Waals surface area contributed by atoms with Crippen LogP contribution in [0.2, 0.25) is 5.02 Å². The van der Waals surface area contributed by atoms with Crippen LogP contribution in [0.15, 0.2) is 77.7 Å². The number of carbonyl (C=O) groups is 2. The molecule has 1 atom stereocenters. The van der Waals surface area contributed by atoms with Crippen LogP contribution in [0, 0.1) is 0 Å². The Balaban J connectivity index is 1.61. The van der Waals surface area contributed by atoms with Gasteiger partial charge in [0.15, 0.2) is 0 Å².